The molecule has 1 heterocycles. The SMILES string of the molecule is Cc1ccc(NC(=O)C(C)(C)CN2CCC3=C2C=CC(C)(C)C=C3)cc1C. The van der Waals surface area contributed by atoms with Crippen molar-refractivity contribution in [2.45, 2.75) is 48.0 Å². The summed E-state index contributed by atoms with van der Waals surface area (Å²) in [4.78, 5) is 15.3. The number of allylic oxidation sites excluding steroid dienone is 4. The van der Waals surface area contributed by atoms with Gasteiger partial charge in [-0.3, -0.25) is 4.79 Å². The fourth-order valence-corrected chi connectivity index (χ4v) is 3.59. The Morgan fingerprint density at radius 3 is 2.56 bits per heavy atom. The third-order valence-electron chi connectivity index (χ3n) is 5.67. The first-order valence-electron chi connectivity index (χ1n) is 9.83. The Morgan fingerprint density at radius 1 is 1.15 bits per heavy atom. The Balaban J connectivity index is 1.72. The molecule has 1 aliphatic carbocycles. The number of aryl methyl sites for hydroxylation is 2. The van der Waals surface area contributed by atoms with Crippen molar-refractivity contribution >= 4 is 11.6 Å². The Kier molecular flexibility index (Phi) is 5.07. The van der Waals surface area contributed by atoms with Crippen LogP contribution in [0.1, 0.15) is 45.2 Å². The average Bonchev–Trinajstić information content (AvgIpc) is 2.88. The van der Waals surface area contributed by atoms with Crippen molar-refractivity contribution in [1.29, 1.82) is 0 Å². The highest BCUT2D eigenvalue weighted by atomic mass is 16.2. The van der Waals surface area contributed by atoms with E-state index in [2.05, 4.69) is 68.3 Å². The molecular weight excluding hydrogens is 332 g/mol. The zero-order valence-corrected chi connectivity index (χ0v) is 17.5. The molecule has 2 aliphatic rings. The summed E-state index contributed by atoms with van der Waals surface area (Å²) in [5.74, 6) is 0.0632. The van der Waals surface area contributed by atoms with Crippen molar-refractivity contribution in [1.82, 2.24) is 4.90 Å². The number of nitrogens with one attached hydrogen (secondary N) is 1. The zero-order chi connectivity index (χ0) is 19.8. The highest BCUT2D eigenvalue weighted by Crippen LogP contribution is 2.34. The summed E-state index contributed by atoms with van der Waals surface area (Å²) in [6, 6.07) is 6.08. The molecule has 0 saturated carbocycles. The molecule has 3 nitrogen and oxygen atoms in total. The van der Waals surface area contributed by atoms with Gasteiger partial charge in [-0.25, -0.2) is 0 Å². The number of nitrogens with zero attached hydrogens (tertiary/aromatic N) is 1. The van der Waals surface area contributed by atoms with Gasteiger partial charge < -0.3 is 10.2 Å². The summed E-state index contributed by atoms with van der Waals surface area (Å²) >= 11 is 0. The fraction of sp³-hybridized carbons (Fsp3) is 0.458. The minimum atomic E-state index is -0.485. The lowest BCUT2D eigenvalue weighted by Gasteiger charge is -2.31. The molecule has 0 atom stereocenters. The van der Waals surface area contributed by atoms with Crippen LogP contribution < -0.4 is 5.32 Å². The number of benzene rings is 1. The van der Waals surface area contributed by atoms with Crippen LogP contribution >= 0.6 is 0 Å². The second kappa shape index (κ2) is 7.03. The first-order chi connectivity index (χ1) is 12.6. The smallest absolute Gasteiger partial charge is 0.231 e. The van der Waals surface area contributed by atoms with Gasteiger partial charge in [0.05, 0.1) is 5.41 Å². The predicted octanol–water partition coefficient (Wildman–Crippen LogP) is 5.38. The lowest BCUT2D eigenvalue weighted by molar-refractivity contribution is -0.124. The van der Waals surface area contributed by atoms with E-state index in [0.29, 0.717) is 6.54 Å². The number of rotatable bonds is 4. The summed E-state index contributed by atoms with van der Waals surface area (Å²) in [5, 5.41) is 3.11. The monoisotopic (exact) mass is 364 g/mol. The van der Waals surface area contributed by atoms with Crippen molar-refractivity contribution in [3.05, 3.63) is 64.9 Å². The quantitative estimate of drug-likeness (QED) is 0.778. The van der Waals surface area contributed by atoms with Crippen molar-refractivity contribution in [2.75, 3.05) is 18.4 Å². The maximum Gasteiger partial charge on any atom is 0.231 e. The number of hydrogen-bond acceptors (Lipinski definition) is 2. The topological polar surface area (TPSA) is 32.3 Å². The summed E-state index contributed by atoms with van der Waals surface area (Å²) in [5.41, 5.74) is 5.53. The van der Waals surface area contributed by atoms with Crippen LogP contribution in [0.5, 0.6) is 0 Å². The molecule has 0 radical (unpaired) electrons. The van der Waals surface area contributed by atoms with Crippen molar-refractivity contribution < 1.29 is 4.79 Å². The summed E-state index contributed by atoms with van der Waals surface area (Å²) in [7, 11) is 0. The molecule has 0 bridgehead atoms. The largest absolute Gasteiger partial charge is 0.370 e. The van der Waals surface area contributed by atoms with Crippen LogP contribution in [0, 0.1) is 24.7 Å². The second-order valence-electron chi connectivity index (χ2n) is 9.21. The Bertz CT molecular complexity index is 840. The minimum Gasteiger partial charge on any atom is -0.370 e. The van der Waals surface area contributed by atoms with Crippen molar-refractivity contribution in [3.8, 4) is 0 Å². The van der Waals surface area contributed by atoms with E-state index in [0.717, 1.165) is 18.7 Å². The molecule has 1 aliphatic heterocycles. The van der Waals surface area contributed by atoms with Crippen LogP contribution in [0.4, 0.5) is 5.69 Å². The van der Waals surface area contributed by atoms with Crippen LogP contribution in [-0.4, -0.2) is 23.9 Å². The lowest BCUT2D eigenvalue weighted by Crippen LogP contribution is -2.40. The standard InChI is InChI=1S/C24H32N2O/c1-17-7-8-20(15-18(17)2)25-22(27)24(5,6)16-26-14-11-19-9-12-23(3,4)13-10-21(19)26/h7-10,12-13,15H,11,14,16H2,1-6H3,(H,25,27). The van der Waals surface area contributed by atoms with Gasteiger partial charge in [-0.15, -0.1) is 0 Å². The van der Waals surface area contributed by atoms with Gasteiger partial charge in [0.15, 0.2) is 0 Å². The van der Waals surface area contributed by atoms with Gasteiger partial charge >= 0.3 is 0 Å². The van der Waals surface area contributed by atoms with E-state index in [1.165, 1.54) is 22.4 Å². The number of carbonyl (C=O) groups excluding carboxylic acids is 1. The molecule has 3 heteroatoms. The van der Waals surface area contributed by atoms with Gasteiger partial charge in [0.2, 0.25) is 5.91 Å². The molecule has 1 N–H and O–H groups in total. The third-order valence-corrected chi connectivity index (χ3v) is 5.67. The van der Waals surface area contributed by atoms with Gasteiger partial charge in [-0.2, -0.15) is 0 Å². The van der Waals surface area contributed by atoms with Gasteiger partial charge in [0, 0.05) is 29.9 Å². The van der Waals surface area contributed by atoms with Gasteiger partial charge in [0.1, 0.15) is 0 Å². The van der Waals surface area contributed by atoms with Gasteiger partial charge in [-0.05, 0) is 69.0 Å². The van der Waals surface area contributed by atoms with E-state index >= 15 is 0 Å². The normalized spacial score (nSPS) is 18.5. The lowest BCUT2D eigenvalue weighted by atomic mass is 9.90. The van der Waals surface area contributed by atoms with Crippen molar-refractivity contribution in [2.24, 2.45) is 10.8 Å². The first-order valence-corrected chi connectivity index (χ1v) is 9.83. The van der Waals surface area contributed by atoms with Crippen LogP contribution in [0.25, 0.3) is 0 Å². The summed E-state index contributed by atoms with van der Waals surface area (Å²) < 4.78 is 0. The number of hydrogen-bond donors (Lipinski definition) is 1. The Labute approximate surface area is 163 Å². The van der Waals surface area contributed by atoms with E-state index in [4.69, 9.17) is 0 Å². The third kappa shape index (κ3) is 4.35. The molecule has 0 unspecified atom stereocenters. The number of anilines is 1. The Morgan fingerprint density at radius 2 is 1.85 bits per heavy atom. The first kappa shape index (κ1) is 19.5. The fourth-order valence-electron chi connectivity index (χ4n) is 3.59. The molecule has 1 amide bonds. The van der Waals surface area contributed by atoms with Crippen molar-refractivity contribution in [3.63, 3.8) is 0 Å². The van der Waals surface area contributed by atoms with Crippen LogP contribution in [-0.2, 0) is 4.79 Å². The highest BCUT2D eigenvalue weighted by Gasteiger charge is 2.33. The molecule has 3 rings (SSSR count). The molecule has 1 aromatic carbocycles. The molecule has 144 valence electrons. The average molecular weight is 365 g/mol. The van der Waals surface area contributed by atoms with E-state index in [-0.39, 0.29) is 11.3 Å². The highest BCUT2D eigenvalue weighted by molar-refractivity contribution is 5.95. The van der Waals surface area contributed by atoms with Crippen LogP contribution in [0.3, 0.4) is 0 Å². The Hall–Kier alpha value is -2.29. The summed E-state index contributed by atoms with van der Waals surface area (Å²) in [6.07, 6.45) is 10.1. The minimum absolute atomic E-state index is 0.0632. The van der Waals surface area contributed by atoms with Crippen LogP contribution in [0.2, 0.25) is 0 Å². The number of carbonyl (C=O) groups is 1. The van der Waals surface area contributed by atoms with E-state index in [1.54, 1.807) is 0 Å². The van der Waals surface area contributed by atoms with E-state index in [9.17, 15) is 4.79 Å². The summed E-state index contributed by atoms with van der Waals surface area (Å²) in [6.45, 7) is 14.3. The molecule has 0 aromatic heterocycles. The predicted molar refractivity (Wildman–Crippen MR) is 114 cm³/mol. The molecule has 1 aromatic rings. The molecule has 0 fully saturated rings. The molecule has 27 heavy (non-hydrogen) atoms. The zero-order valence-electron chi connectivity index (χ0n) is 17.5. The van der Waals surface area contributed by atoms with Gasteiger partial charge in [-0.1, -0.05) is 38.1 Å². The second-order valence-corrected chi connectivity index (χ2v) is 9.21. The number of amides is 1. The maximum absolute atomic E-state index is 13.0. The molecular formula is C24H32N2O. The molecule has 0 spiro atoms. The van der Waals surface area contributed by atoms with Gasteiger partial charge in [0.25, 0.3) is 0 Å². The van der Waals surface area contributed by atoms with E-state index in [1.807, 2.05) is 26.0 Å². The molecule has 0 saturated heterocycles. The maximum atomic E-state index is 13.0. The van der Waals surface area contributed by atoms with E-state index < -0.39 is 5.41 Å². The van der Waals surface area contributed by atoms with Crippen LogP contribution in [0.15, 0.2) is 53.8 Å².